The molecule has 34 heavy (non-hydrogen) atoms. The van der Waals surface area contributed by atoms with Crippen molar-refractivity contribution in [3.63, 3.8) is 0 Å². The summed E-state index contributed by atoms with van der Waals surface area (Å²) >= 11 is 0. The van der Waals surface area contributed by atoms with Gasteiger partial charge in [-0.1, -0.05) is 48.5 Å². The van der Waals surface area contributed by atoms with Gasteiger partial charge >= 0.3 is 0 Å². The molecule has 0 bridgehead atoms. The Bertz CT molecular complexity index is 1500. The molecule has 4 nitrogen and oxygen atoms in total. The summed E-state index contributed by atoms with van der Waals surface area (Å²) in [7, 11) is -3.53. The molecule has 4 aromatic rings. The summed E-state index contributed by atoms with van der Waals surface area (Å²) in [6, 6.07) is 22.0. The fourth-order valence-electron chi connectivity index (χ4n) is 4.83. The highest BCUT2D eigenvalue weighted by Crippen LogP contribution is 2.35. The van der Waals surface area contributed by atoms with Crippen LogP contribution in [0.15, 0.2) is 83.8 Å². The number of fused-ring (bicyclic) bond motifs is 1. The van der Waals surface area contributed by atoms with Crippen molar-refractivity contribution >= 4 is 26.5 Å². The number of hydrogen-bond donors (Lipinski definition) is 0. The van der Waals surface area contributed by atoms with Crippen molar-refractivity contribution in [2.24, 2.45) is 0 Å². The molecule has 5 rings (SSSR count). The van der Waals surface area contributed by atoms with Crippen molar-refractivity contribution in [3.05, 3.63) is 107 Å². The first-order chi connectivity index (χ1) is 16.3. The minimum atomic E-state index is -3.53. The number of nitrogens with zero attached hydrogens (tertiary/aromatic N) is 2. The predicted octanol–water partition coefficient (Wildman–Crippen LogP) is 5.92. The van der Waals surface area contributed by atoms with E-state index in [1.165, 1.54) is 23.3 Å². The molecule has 0 saturated heterocycles. The standard InChI is InChI=1S/C28H27FN2O2S/c1-20-6-5-7-25(18-20)34(32,33)30-16-14-23(15-17-30)28-21(2)31(27-9-4-3-8-26(27)28)19-22-10-12-24(29)13-11-22/h3-14,18H,15-17,19H2,1-2H3. The van der Waals surface area contributed by atoms with Gasteiger partial charge in [-0.3, -0.25) is 0 Å². The van der Waals surface area contributed by atoms with E-state index in [2.05, 4.69) is 23.6 Å². The Morgan fingerprint density at radius 3 is 2.41 bits per heavy atom. The summed E-state index contributed by atoms with van der Waals surface area (Å²) in [5.41, 5.74) is 6.55. The lowest BCUT2D eigenvalue weighted by molar-refractivity contribution is 0.441. The van der Waals surface area contributed by atoms with Crippen LogP contribution in [-0.4, -0.2) is 30.4 Å². The molecule has 1 aliphatic heterocycles. The Balaban J connectivity index is 1.49. The summed E-state index contributed by atoms with van der Waals surface area (Å²) in [6.07, 6.45) is 2.70. The minimum absolute atomic E-state index is 0.240. The number of halogens is 1. The predicted molar refractivity (Wildman–Crippen MR) is 135 cm³/mol. The Labute approximate surface area is 200 Å². The molecular formula is C28H27FN2O2S. The van der Waals surface area contributed by atoms with Gasteiger partial charge in [0.1, 0.15) is 5.82 Å². The van der Waals surface area contributed by atoms with Gasteiger partial charge in [0.25, 0.3) is 0 Å². The van der Waals surface area contributed by atoms with Crippen LogP contribution >= 0.6 is 0 Å². The number of aryl methyl sites for hydroxylation is 1. The highest BCUT2D eigenvalue weighted by Gasteiger charge is 2.28. The third-order valence-electron chi connectivity index (χ3n) is 6.61. The van der Waals surface area contributed by atoms with E-state index in [0.29, 0.717) is 31.0 Å². The van der Waals surface area contributed by atoms with Gasteiger partial charge in [0.15, 0.2) is 0 Å². The molecule has 0 fully saturated rings. The van der Waals surface area contributed by atoms with E-state index < -0.39 is 10.0 Å². The van der Waals surface area contributed by atoms with Gasteiger partial charge in [-0.15, -0.1) is 0 Å². The summed E-state index contributed by atoms with van der Waals surface area (Å²) in [5, 5.41) is 1.16. The normalized spacial score (nSPS) is 15.0. The Morgan fingerprint density at radius 2 is 1.71 bits per heavy atom. The lowest BCUT2D eigenvalue weighted by Crippen LogP contribution is -2.34. The Morgan fingerprint density at radius 1 is 0.941 bits per heavy atom. The molecule has 0 unspecified atom stereocenters. The van der Waals surface area contributed by atoms with Gasteiger partial charge in [0.05, 0.1) is 4.90 Å². The largest absolute Gasteiger partial charge is 0.340 e. The topological polar surface area (TPSA) is 42.3 Å². The number of aromatic nitrogens is 1. The van der Waals surface area contributed by atoms with Gasteiger partial charge in [0.2, 0.25) is 10.0 Å². The van der Waals surface area contributed by atoms with Crippen LogP contribution in [0.2, 0.25) is 0 Å². The summed E-state index contributed by atoms with van der Waals surface area (Å²) in [5.74, 6) is -0.240. The zero-order valence-electron chi connectivity index (χ0n) is 19.3. The summed E-state index contributed by atoms with van der Waals surface area (Å²) in [4.78, 5) is 0.344. The molecule has 174 valence electrons. The first-order valence-corrected chi connectivity index (χ1v) is 12.9. The molecule has 1 aromatic heterocycles. The molecular weight excluding hydrogens is 447 g/mol. The van der Waals surface area contributed by atoms with Crippen molar-refractivity contribution in [2.45, 2.75) is 31.7 Å². The van der Waals surface area contributed by atoms with E-state index in [1.807, 2.05) is 43.3 Å². The minimum Gasteiger partial charge on any atom is -0.340 e. The van der Waals surface area contributed by atoms with Crippen molar-refractivity contribution in [3.8, 4) is 0 Å². The summed E-state index contributed by atoms with van der Waals surface area (Å²) in [6.45, 7) is 5.45. The second-order valence-corrected chi connectivity index (χ2v) is 10.8. The fraction of sp³-hybridized carbons (Fsp3) is 0.214. The van der Waals surface area contributed by atoms with E-state index in [1.54, 1.807) is 22.5 Å². The highest BCUT2D eigenvalue weighted by atomic mass is 32.2. The molecule has 0 amide bonds. The summed E-state index contributed by atoms with van der Waals surface area (Å²) < 4.78 is 43.5. The molecule has 0 N–H and O–H groups in total. The lowest BCUT2D eigenvalue weighted by Gasteiger charge is -2.26. The molecule has 0 aliphatic carbocycles. The third-order valence-corrected chi connectivity index (χ3v) is 8.47. The molecule has 3 aromatic carbocycles. The van der Waals surface area contributed by atoms with Crippen molar-refractivity contribution in [2.75, 3.05) is 13.1 Å². The van der Waals surface area contributed by atoms with Gasteiger partial charge in [-0.2, -0.15) is 4.31 Å². The Kier molecular flexibility index (Phi) is 5.88. The highest BCUT2D eigenvalue weighted by molar-refractivity contribution is 7.89. The zero-order valence-corrected chi connectivity index (χ0v) is 20.1. The van der Waals surface area contributed by atoms with Crippen LogP contribution in [0.1, 0.15) is 28.8 Å². The number of benzene rings is 3. The van der Waals surface area contributed by atoms with Crippen LogP contribution in [0.4, 0.5) is 4.39 Å². The molecule has 1 aliphatic rings. The van der Waals surface area contributed by atoms with Gasteiger partial charge in [-0.05, 0) is 67.3 Å². The monoisotopic (exact) mass is 474 g/mol. The maximum absolute atomic E-state index is 13.4. The van der Waals surface area contributed by atoms with E-state index in [4.69, 9.17) is 0 Å². The van der Waals surface area contributed by atoms with Crippen LogP contribution in [-0.2, 0) is 16.6 Å². The molecule has 0 spiro atoms. The first kappa shape index (κ1) is 22.6. The van der Waals surface area contributed by atoms with Crippen LogP contribution in [0.5, 0.6) is 0 Å². The number of sulfonamides is 1. The van der Waals surface area contributed by atoms with Crippen LogP contribution in [0, 0.1) is 19.7 Å². The average Bonchev–Trinajstić information content (AvgIpc) is 3.12. The van der Waals surface area contributed by atoms with Crippen LogP contribution in [0.25, 0.3) is 16.5 Å². The average molecular weight is 475 g/mol. The van der Waals surface area contributed by atoms with Gasteiger partial charge in [0, 0.05) is 41.8 Å². The van der Waals surface area contributed by atoms with Gasteiger partial charge < -0.3 is 4.57 Å². The maximum Gasteiger partial charge on any atom is 0.243 e. The van der Waals surface area contributed by atoms with Gasteiger partial charge in [-0.25, -0.2) is 12.8 Å². The molecule has 0 atom stereocenters. The molecule has 0 radical (unpaired) electrons. The van der Waals surface area contributed by atoms with E-state index in [9.17, 15) is 12.8 Å². The lowest BCUT2D eigenvalue weighted by atomic mass is 9.97. The Hall–Kier alpha value is -3.22. The third kappa shape index (κ3) is 4.08. The van der Waals surface area contributed by atoms with E-state index in [-0.39, 0.29) is 5.82 Å². The number of hydrogen-bond acceptors (Lipinski definition) is 2. The van der Waals surface area contributed by atoms with E-state index >= 15 is 0 Å². The van der Waals surface area contributed by atoms with Crippen molar-refractivity contribution < 1.29 is 12.8 Å². The zero-order chi connectivity index (χ0) is 23.9. The maximum atomic E-state index is 13.4. The molecule has 6 heteroatoms. The van der Waals surface area contributed by atoms with Crippen LogP contribution in [0.3, 0.4) is 0 Å². The van der Waals surface area contributed by atoms with Crippen molar-refractivity contribution in [1.29, 1.82) is 0 Å². The number of para-hydroxylation sites is 1. The molecule has 2 heterocycles. The van der Waals surface area contributed by atoms with Crippen molar-refractivity contribution in [1.82, 2.24) is 8.87 Å². The number of rotatable bonds is 5. The smallest absolute Gasteiger partial charge is 0.243 e. The first-order valence-electron chi connectivity index (χ1n) is 11.4. The second kappa shape index (κ2) is 8.85. The second-order valence-electron chi connectivity index (χ2n) is 8.85. The van der Waals surface area contributed by atoms with E-state index in [0.717, 1.165) is 27.7 Å². The van der Waals surface area contributed by atoms with Crippen LogP contribution < -0.4 is 0 Å². The fourth-order valence-corrected chi connectivity index (χ4v) is 6.32. The quantitative estimate of drug-likeness (QED) is 0.360. The molecule has 0 saturated carbocycles. The SMILES string of the molecule is Cc1cccc(S(=O)(=O)N2CC=C(c3c(C)n(Cc4ccc(F)cc4)c4ccccc34)CC2)c1.